The van der Waals surface area contributed by atoms with Gasteiger partial charge in [0.1, 0.15) is 11.5 Å². The molecule has 0 atom stereocenters. The third-order valence-electron chi connectivity index (χ3n) is 3.60. The molecule has 4 nitrogen and oxygen atoms in total. The number of hydrogen-bond acceptors (Lipinski definition) is 4. The van der Waals surface area contributed by atoms with Gasteiger partial charge in [-0.05, 0) is 48.5 Å². The number of benzene rings is 2. The van der Waals surface area contributed by atoms with E-state index < -0.39 is 12.7 Å². The molecule has 0 aliphatic carbocycles. The van der Waals surface area contributed by atoms with E-state index in [1.165, 1.54) is 36.4 Å². The van der Waals surface area contributed by atoms with Crippen LogP contribution in [0.15, 0.2) is 53.0 Å². The molecule has 0 amide bonds. The van der Waals surface area contributed by atoms with Gasteiger partial charge in [-0.3, -0.25) is 0 Å². The van der Waals surface area contributed by atoms with Crippen LogP contribution in [0.4, 0.5) is 32.0 Å². The first-order valence-electron chi connectivity index (χ1n) is 8.35. The topological polar surface area (TPSA) is 33.7 Å². The van der Waals surface area contributed by atoms with Gasteiger partial charge in [-0.15, -0.1) is 26.3 Å². The number of hydrogen-bond donors (Lipinski definition) is 1. The van der Waals surface area contributed by atoms with E-state index in [0.29, 0.717) is 4.47 Å². The summed E-state index contributed by atoms with van der Waals surface area (Å²) in [6.07, 6.45) is -9.25. The molecule has 1 aliphatic heterocycles. The molecule has 1 saturated heterocycles. The van der Waals surface area contributed by atoms with E-state index in [1.54, 1.807) is 12.1 Å². The SMILES string of the molecule is FC(F)(F)Oc1ccc(Br)cc1.FC(F)(F)Oc1ccc(N2CCNCC2)cc1. The van der Waals surface area contributed by atoms with Gasteiger partial charge in [0.15, 0.2) is 0 Å². The van der Waals surface area contributed by atoms with Crippen molar-refractivity contribution in [1.29, 1.82) is 0 Å². The van der Waals surface area contributed by atoms with Crippen LogP contribution in [0.5, 0.6) is 11.5 Å². The minimum absolute atomic E-state index is 0.184. The summed E-state index contributed by atoms with van der Waals surface area (Å²) in [4.78, 5) is 2.12. The highest BCUT2D eigenvalue weighted by atomic mass is 79.9. The molecule has 0 bridgehead atoms. The summed E-state index contributed by atoms with van der Waals surface area (Å²) in [5.41, 5.74) is 0.918. The summed E-state index contributed by atoms with van der Waals surface area (Å²) in [6, 6.07) is 11.4. The highest BCUT2D eigenvalue weighted by molar-refractivity contribution is 9.10. The number of rotatable bonds is 3. The number of ether oxygens (including phenoxy) is 2. The minimum Gasteiger partial charge on any atom is -0.406 e. The zero-order chi connectivity index (χ0) is 21.5. The fourth-order valence-electron chi connectivity index (χ4n) is 2.42. The van der Waals surface area contributed by atoms with Crippen molar-refractivity contribution >= 4 is 21.6 Å². The fourth-order valence-corrected chi connectivity index (χ4v) is 2.68. The van der Waals surface area contributed by atoms with Crippen LogP contribution in [0.3, 0.4) is 0 Å². The molecule has 1 fully saturated rings. The highest BCUT2D eigenvalue weighted by Gasteiger charge is 2.31. The zero-order valence-corrected chi connectivity index (χ0v) is 16.4. The maximum atomic E-state index is 12.0. The van der Waals surface area contributed by atoms with E-state index >= 15 is 0 Å². The lowest BCUT2D eigenvalue weighted by Gasteiger charge is -2.29. The molecule has 29 heavy (non-hydrogen) atoms. The van der Waals surface area contributed by atoms with Crippen LogP contribution in [0.25, 0.3) is 0 Å². The van der Waals surface area contributed by atoms with Crippen molar-refractivity contribution in [3.8, 4) is 11.5 Å². The molecule has 3 rings (SSSR count). The molecule has 1 aliphatic rings. The van der Waals surface area contributed by atoms with Crippen LogP contribution in [0.1, 0.15) is 0 Å². The van der Waals surface area contributed by atoms with Crippen molar-refractivity contribution in [3.63, 3.8) is 0 Å². The largest absolute Gasteiger partial charge is 0.573 e. The number of halogens is 7. The van der Waals surface area contributed by atoms with Crippen LogP contribution in [0, 0.1) is 0 Å². The van der Waals surface area contributed by atoms with Gasteiger partial charge in [0.25, 0.3) is 0 Å². The second-order valence-corrected chi connectivity index (χ2v) is 6.70. The van der Waals surface area contributed by atoms with Gasteiger partial charge < -0.3 is 19.7 Å². The van der Waals surface area contributed by atoms with Crippen molar-refractivity contribution in [2.75, 3.05) is 31.1 Å². The maximum Gasteiger partial charge on any atom is 0.573 e. The molecule has 2 aromatic rings. The lowest BCUT2D eigenvalue weighted by Crippen LogP contribution is -2.43. The molecular weight excluding hydrogens is 470 g/mol. The molecule has 1 heterocycles. The van der Waals surface area contributed by atoms with Crippen LogP contribution in [-0.4, -0.2) is 38.9 Å². The van der Waals surface area contributed by atoms with Gasteiger partial charge in [0.05, 0.1) is 0 Å². The number of piperazine rings is 1. The Labute approximate surface area is 171 Å². The molecule has 0 spiro atoms. The molecular formula is C18H17BrF6N2O2. The smallest absolute Gasteiger partial charge is 0.406 e. The average Bonchev–Trinajstić information content (AvgIpc) is 2.63. The third kappa shape index (κ3) is 9.27. The second kappa shape index (κ2) is 10.1. The van der Waals surface area contributed by atoms with Crippen LogP contribution >= 0.6 is 15.9 Å². The van der Waals surface area contributed by atoms with E-state index in [9.17, 15) is 26.3 Å². The van der Waals surface area contributed by atoms with Gasteiger partial charge in [-0.25, -0.2) is 0 Å². The first-order valence-corrected chi connectivity index (χ1v) is 9.14. The Kier molecular flexibility index (Phi) is 8.03. The predicted molar refractivity (Wildman–Crippen MR) is 99.0 cm³/mol. The van der Waals surface area contributed by atoms with Gasteiger partial charge in [0.2, 0.25) is 0 Å². The Morgan fingerprint density at radius 1 is 0.724 bits per heavy atom. The minimum atomic E-state index is -4.63. The Balaban J connectivity index is 0.000000221. The summed E-state index contributed by atoms with van der Waals surface area (Å²) in [7, 11) is 0. The van der Waals surface area contributed by atoms with Gasteiger partial charge in [-0.2, -0.15) is 0 Å². The Morgan fingerprint density at radius 2 is 1.14 bits per heavy atom. The summed E-state index contributed by atoms with van der Waals surface area (Å²) < 4.78 is 78.8. The Hall–Kier alpha value is -2.14. The first kappa shape index (κ1) is 23.1. The third-order valence-corrected chi connectivity index (χ3v) is 4.13. The van der Waals surface area contributed by atoms with E-state index in [2.05, 4.69) is 35.6 Å². The molecule has 0 aromatic heterocycles. The van der Waals surface area contributed by atoms with Crippen molar-refractivity contribution in [2.45, 2.75) is 12.7 Å². The molecule has 11 heteroatoms. The van der Waals surface area contributed by atoms with Crippen LogP contribution in [-0.2, 0) is 0 Å². The van der Waals surface area contributed by atoms with Crippen molar-refractivity contribution < 1.29 is 35.8 Å². The van der Waals surface area contributed by atoms with E-state index in [-0.39, 0.29) is 11.5 Å². The lowest BCUT2D eigenvalue weighted by molar-refractivity contribution is -0.275. The number of anilines is 1. The monoisotopic (exact) mass is 486 g/mol. The number of nitrogens with one attached hydrogen (secondary N) is 1. The van der Waals surface area contributed by atoms with E-state index in [0.717, 1.165) is 31.9 Å². The zero-order valence-electron chi connectivity index (χ0n) is 14.9. The first-order chi connectivity index (χ1) is 13.5. The molecule has 1 N–H and O–H groups in total. The average molecular weight is 487 g/mol. The van der Waals surface area contributed by atoms with Gasteiger partial charge >= 0.3 is 12.7 Å². The Morgan fingerprint density at radius 3 is 1.55 bits per heavy atom. The standard InChI is InChI=1S/C11H13F3N2O.C7H4BrF3O/c12-11(13,14)17-10-3-1-9(2-4-10)16-7-5-15-6-8-16;8-5-1-3-6(4-2-5)12-7(9,10)11/h1-4,15H,5-8H2;1-4H. The Bertz CT molecular complexity index is 745. The summed E-state index contributed by atoms with van der Waals surface area (Å²) >= 11 is 3.09. The number of nitrogens with zero attached hydrogens (tertiary/aromatic N) is 1. The van der Waals surface area contributed by atoms with Crippen molar-refractivity contribution in [2.24, 2.45) is 0 Å². The second-order valence-electron chi connectivity index (χ2n) is 5.78. The van der Waals surface area contributed by atoms with Crippen LogP contribution in [0.2, 0.25) is 0 Å². The lowest BCUT2D eigenvalue weighted by atomic mass is 10.2. The molecule has 0 saturated carbocycles. The van der Waals surface area contributed by atoms with Crippen molar-refractivity contribution in [3.05, 3.63) is 53.0 Å². The van der Waals surface area contributed by atoms with Gasteiger partial charge in [-0.1, -0.05) is 15.9 Å². The molecule has 160 valence electrons. The van der Waals surface area contributed by atoms with E-state index in [4.69, 9.17) is 0 Å². The fraction of sp³-hybridized carbons (Fsp3) is 0.333. The van der Waals surface area contributed by atoms with E-state index in [1.807, 2.05) is 0 Å². The van der Waals surface area contributed by atoms with Gasteiger partial charge in [0, 0.05) is 36.3 Å². The number of alkyl halides is 6. The quantitative estimate of drug-likeness (QED) is 0.593. The summed E-state index contributed by atoms with van der Waals surface area (Å²) in [6.45, 7) is 3.50. The van der Waals surface area contributed by atoms with Crippen molar-refractivity contribution in [1.82, 2.24) is 5.32 Å². The highest BCUT2D eigenvalue weighted by Crippen LogP contribution is 2.26. The predicted octanol–water partition coefficient (Wildman–Crippen LogP) is 5.34. The maximum absolute atomic E-state index is 12.0. The molecule has 0 unspecified atom stereocenters. The molecule has 0 radical (unpaired) electrons. The summed E-state index contributed by atoms with van der Waals surface area (Å²) in [5, 5.41) is 3.21. The summed E-state index contributed by atoms with van der Waals surface area (Å²) in [5.74, 6) is -0.401. The molecule has 2 aromatic carbocycles. The normalized spacial score (nSPS) is 14.7. The van der Waals surface area contributed by atoms with Crippen LogP contribution < -0.4 is 19.7 Å².